The average Bonchev–Trinajstić information content (AvgIpc) is 3.04. The van der Waals surface area contributed by atoms with Crippen LogP contribution in [-0.4, -0.2) is 50.6 Å². The van der Waals surface area contributed by atoms with Gasteiger partial charge in [0.2, 0.25) is 5.91 Å². The Balaban J connectivity index is 1.84. The number of nitrogens with zero attached hydrogens (tertiary/aromatic N) is 1. The molecule has 1 amide bonds. The highest BCUT2D eigenvalue weighted by atomic mass is 35.5. The molecule has 0 spiro atoms. The van der Waals surface area contributed by atoms with E-state index in [9.17, 15) is 18.0 Å². The molecule has 3 rings (SSSR count). The minimum absolute atomic E-state index is 0.0109. The average molecular weight is 471 g/mol. The van der Waals surface area contributed by atoms with Crippen LogP contribution in [0.4, 0.5) is 5.00 Å². The molecule has 0 radical (unpaired) electrons. The molecule has 7 nitrogen and oxygen atoms in total. The molecule has 0 unspecified atom stereocenters. The van der Waals surface area contributed by atoms with E-state index in [1.807, 2.05) is 0 Å². The molecule has 0 atom stereocenters. The summed E-state index contributed by atoms with van der Waals surface area (Å²) in [6, 6.07) is 5.63. The van der Waals surface area contributed by atoms with Gasteiger partial charge in [-0.3, -0.25) is 9.69 Å². The number of hydrogen-bond donors (Lipinski definition) is 1. The zero-order chi connectivity index (χ0) is 21.9. The number of rotatable bonds is 7. The standard InChI is InChI=1S/C20H23ClN2O5S2/c1-3-23-10-9-15-16(11-23)29-19(18(15)20(25)28-4-2)22-17(24)12-30(26,27)14-7-5-13(21)6-8-14/h5-8H,3-4,9-12H2,1-2H3,(H,22,24). The monoisotopic (exact) mass is 470 g/mol. The van der Waals surface area contributed by atoms with Gasteiger partial charge in [-0.25, -0.2) is 13.2 Å². The Kier molecular flexibility index (Phi) is 7.18. The van der Waals surface area contributed by atoms with E-state index in [0.717, 1.165) is 23.5 Å². The van der Waals surface area contributed by atoms with Crippen LogP contribution in [0.25, 0.3) is 0 Å². The highest BCUT2D eigenvalue weighted by molar-refractivity contribution is 7.92. The lowest BCUT2D eigenvalue weighted by atomic mass is 10.0. The fourth-order valence-corrected chi connectivity index (χ4v) is 5.85. The van der Waals surface area contributed by atoms with E-state index in [-0.39, 0.29) is 11.5 Å². The van der Waals surface area contributed by atoms with Gasteiger partial charge in [0.25, 0.3) is 0 Å². The summed E-state index contributed by atoms with van der Waals surface area (Å²) in [5, 5.41) is 3.38. The van der Waals surface area contributed by atoms with Gasteiger partial charge in [0.05, 0.1) is 17.1 Å². The second kappa shape index (κ2) is 9.47. The Bertz CT molecular complexity index is 1050. The molecule has 1 N–H and O–H groups in total. The second-order valence-electron chi connectivity index (χ2n) is 6.81. The van der Waals surface area contributed by atoms with E-state index in [1.54, 1.807) is 6.92 Å². The maximum absolute atomic E-state index is 12.6. The molecular formula is C20H23ClN2O5S2. The number of sulfone groups is 1. The Hall–Kier alpha value is -1.94. The van der Waals surface area contributed by atoms with Crippen LogP contribution in [0, 0.1) is 0 Å². The Morgan fingerprint density at radius 2 is 1.93 bits per heavy atom. The topological polar surface area (TPSA) is 92.8 Å². The van der Waals surface area contributed by atoms with Crippen molar-refractivity contribution in [2.24, 2.45) is 0 Å². The summed E-state index contributed by atoms with van der Waals surface area (Å²) in [5.41, 5.74) is 1.21. The summed E-state index contributed by atoms with van der Waals surface area (Å²) in [5.74, 6) is -1.95. The highest BCUT2D eigenvalue weighted by Gasteiger charge is 2.30. The number of likely N-dealkylation sites (N-methyl/N-ethyl adjacent to an activating group) is 1. The minimum Gasteiger partial charge on any atom is -0.462 e. The van der Waals surface area contributed by atoms with Crippen molar-refractivity contribution >= 4 is 49.7 Å². The lowest BCUT2D eigenvalue weighted by Gasteiger charge is -2.25. The molecule has 0 saturated carbocycles. The van der Waals surface area contributed by atoms with Crippen molar-refractivity contribution in [3.63, 3.8) is 0 Å². The number of carbonyl (C=O) groups is 2. The fourth-order valence-electron chi connectivity index (χ4n) is 3.29. The van der Waals surface area contributed by atoms with Crippen LogP contribution < -0.4 is 5.32 Å². The number of halogens is 1. The molecule has 1 aromatic heterocycles. The molecule has 1 aromatic carbocycles. The molecule has 0 fully saturated rings. The number of thiophene rings is 1. The molecule has 30 heavy (non-hydrogen) atoms. The Morgan fingerprint density at radius 3 is 2.57 bits per heavy atom. The van der Waals surface area contributed by atoms with E-state index in [0.29, 0.717) is 28.6 Å². The van der Waals surface area contributed by atoms with Crippen molar-refractivity contribution in [1.29, 1.82) is 0 Å². The molecule has 2 aromatic rings. The van der Waals surface area contributed by atoms with Crippen LogP contribution >= 0.6 is 22.9 Å². The molecule has 1 aliphatic rings. The Morgan fingerprint density at radius 1 is 1.23 bits per heavy atom. The van der Waals surface area contributed by atoms with Gasteiger partial charge < -0.3 is 10.1 Å². The lowest BCUT2D eigenvalue weighted by Crippen LogP contribution is -2.30. The molecule has 2 heterocycles. The summed E-state index contributed by atoms with van der Waals surface area (Å²) in [4.78, 5) is 28.4. The molecule has 0 bridgehead atoms. The van der Waals surface area contributed by atoms with Gasteiger partial charge in [-0.05, 0) is 49.7 Å². The van der Waals surface area contributed by atoms with Gasteiger partial charge in [-0.2, -0.15) is 0 Å². The van der Waals surface area contributed by atoms with Gasteiger partial charge in [0, 0.05) is 23.0 Å². The number of ether oxygens (including phenoxy) is 1. The maximum Gasteiger partial charge on any atom is 0.341 e. The van der Waals surface area contributed by atoms with Gasteiger partial charge in [0.1, 0.15) is 10.8 Å². The van der Waals surface area contributed by atoms with E-state index in [1.165, 1.54) is 35.6 Å². The predicted molar refractivity (Wildman–Crippen MR) is 117 cm³/mol. The van der Waals surface area contributed by atoms with Crippen LogP contribution in [0.3, 0.4) is 0 Å². The van der Waals surface area contributed by atoms with Crippen LogP contribution in [0.1, 0.15) is 34.6 Å². The number of fused-ring (bicyclic) bond motifs is 1. The summed E-state index contributed by atoms with van der Waals surface area (Å²) in [7, 11) is -3.84. The quantitative estimate of drug-likeness (QED) is 0.623. The van der Waals surface area contributed by atoms with Crippen molar-refractivity contribution in [3.05, 3.63) is 45.3 Å². The maximum atomic E-state index is 12.6. The first kappa shape index (κ1) is 22.7. The number of anilines is 1. The second-order valence-corrected chi connectivity index (χ2v) is 10.3. The van der Waals surface area contributed by atoms with Gasteiger partial charge in [-0.15, -0.1) is 11.3 Å². The van der Waals surface area contributed by atoms with Crippen LogP contribution in [0.2, 0.25) is 5.02 Å². The largest absolute Gasteiger partial charge is 0.462 e. The number of nitrogens with one attached hydrogen (secondary N) is 1. The molecule has 1 aliphatic heterocycles. The number of benzene rings is 1. The van der Waals surface area contributed by atoms with Crippen molar-refractivity contribution in [1.82, 2.24) is 4.90 Å². The Labute approximate surface area is 184 Å². The van der Waals surface area contributed by atoms with Gasteiger partial charge in [-0.1, -0.05) is 18.5 Å². The molecule has 0 saturated heterocycles. The third-order valence-corrected chi connectivity index (χ3v) is 7.83. The summed E-state index contributed by atoms with van der Waals surface area (Å²) in [6.45, 7) is 6.37. The first-order chi connectivity index (χ1) is 14.2. The van der Waals surface area contributed by atoms with Crippen LogP contribution in [0.15, 0.2) is 29.2 Å². The molecule has 0 aliphatic carbocycles. The lowest BCUT2D eigenvalue weighted by molar-refractivity contribution is -0.113. The first-order valence-electron chi connectivity index (χ1n) is 9.57. The van der Waals surface area contributed by atoms with Crippen molar-refractivity contribution in [2.45, 2.75) is 31.7 Å². The molecule has 10 heteroatoms. The number of esters is 1. The molecular weight excluding hydrogens is 448 g/mol. The number of hydrogen-bond acceptors (Lipinski definition) is 7. The van der Waals surface area contributed by atoms with Crippen LogP contribution in [-0.2, 0) is 32.3 Å². The van der Waals surface area contributed by atoms with E-state index < -0.39 is 27.5 Å². The van der Waals surface area contributed by atoms with Gasteiger partial charge in [0.15, 0.2) is 9.84 Å². The summed E-state index contributed by atoms with van der Waals surface area (Å²) < 4.78 is 30.3. The number of amides is 1. The normalized spacial score (nSPS) is 14.2. The van der Waals surface area contributed by atoms with Crippen LogP contribution in [0.5, 0.6) is 0 Å². The first-order valence-corrected chi connectivity index (χ1v) is 12.4. The zero-order valence-electron chi connectivity index (χ0n) is 16.7. The third kappa shape index (κ3) is 5.03. The van der Waals surface area contributed by atoms with Gasteiger partial charge >= 0.3 is 5.97 Å². The number of carbonyl (C=O) groups excluding carboxylic acids is 2. The third-order valence-electron chi connectivity index (χ3n) is 4.81. The van der Waals surface area contributed by atoms with E-state index in [2.05, 4.69) is 17.1 Å². The predicted octanol–water partition coefficient (Wildman–Crippen LogP) is 3.37. The van der Waals surface area contributed by atoms with E-state index >= 15 is 0 Å². The summed E-state index contributed by atoms with van der Waals surface area (Å²) >= 11 is 7.10. The minimum atomic E-state index is -3.84. The SMILES string of the molecule is CCOC(=O)c1c(NC(=O)CS(=O)(=O)c2ccc(Cl)cc2)sc2c1CCN(CC)C2. The molecule has 162 valence electrons. The zero-order valence-corrected chi connectivity index (χ0v) is 19.1. The fraction of sp³-hybridized carbons (Fsp3) is 0.400. The van der Waals surface area contributed by atoms with Crippen molar-refractivity contribution < 1.29 is 22.7 Å². The van der Waals surface area contributed by atoms with E-state index in [4.69, 9.17) is 16.3 Å². The summed E-state index contributed by atoms with van der Waals surface area (Å²) in [6.07, 6.45) is 0.673. The van der Waals surface area contributed by atoms with Crippen molar-refractivity contribution in [2.75, 3.05) is 30.8 Å². The smallest absolute Gasteiger partial charge is 0.341 e. The highest BCUT2D eigenvalue weighted by Crippen LogP contribution is 2.37. The van der Waals surface area contributed by atoms with Crippen molar-refractivity contribution in [3.8, 4) is 0 Å².